The number of carbonyl (C=O) groups excluding carboxylic acids is 1. The fraction of sp³-hybridized carbons (Fsp3) is 0. The summed E-state index contributed by atoms with van der Waals surface area (Å²) in [7, 11) is 0. The maximum absolute atomic E-state index is 11.6. The van der Waals surface area contributed by atoms with Crippen molar-refractivity contribution in [3.63, 3.8) is 0 Å². The fourth-order valence-corrected chi connectivity index (χ4v) is 2.08. The van der Waals surface area contributed by atoms with E-state index in [9.17, 15) is 14.9 Å². The van der Waals surface area contributed by atoms with E-state index in [1.165, 1.54) is 28.3 Å². The van der Waals surface area contributed by atoms with Gasteiger partial charge >= 0.3 is 5.00 Å². The molecule has 0 radical (unpaired) electrons. The lowest BCUT2D eigenvalue weighted by molar-refractivity contribution is -0.380. The Labute approximate surface area is 96.9 Å². The van der Waals surface area contributed by atoms with Crippen molar-refractivity contribution in [3.05, 3.63) is 32.6 Å². The normalized spacial score (nSPS) is 10.0. The molecular weight excluding hydrogens is 252 g/mol. The van der Waals surface area contributed by atoms with E-state index in [0.717, 1.165) is 11.3 Å². The van der Waals surface area contributed by atoms with E-state index in [1.807, 2.05) is 0 Å². The van der Waals surface area contributed by atoms with Crippen LogP contribution in [0.2, 0.25) is 0 Å². The maximum atomic E-state index is 11.6. The Hall–Kier alpha value is -1.87. The van der Waals surface area contributed by atoms with Gasteiger partial charge in [0, 0.05) is 11.4 Å². The maximum Gasteiger partial charge on any atom is 0.324 e. The van der Waals surface area contributed by atoms with Gasteiger partial charge in [0.1, 0.15) is 5.51 Å². The quantitative estimate of drug-likeness (QED) is 0.666. The second-order valence-corrected chi connectivity index (χ2v) is 4.35. The molecule has 0 aliphatic rings. The van der Waals surface area contributed by atoms with Crippen molar-refractivity contribution in [2.75, 3.05) is 5.32 Å². The highest BCUT2D eigenvalue weighted by Gasteiger charge is 2.15. The van der Waals surface area contributed by atoms with Crippen LogP contribution in [-0.4, -0.2) is 21.0 Å². The molecular formula is C7H4N4O3S2. The number of carbonyl (C=O) groups is 1. The summed E-state index contributed by atoms with van der Waals surface area (Å²) in [5.41, 5.74) is 1.72. The van der Waals surface area contributed by atoms with Crippen molar-refractivity contribution >= 4 is 38.7 Å². The van der Waals surface area contributed by atoms with Crippen LogP contribution in [0.5, 0.6) is 0 Å². The zero-order valence-corrected chi connectivity index (χ0v) is 9.25. The third kappa shape index (κ3) is 2.20. The van der Waals surface area contributed by atoms with Gasteiger partial charge in [-0.25, -0.2) is 0 Å². The Morgan fingerprint density at radius 3 is 2.88 bits per heavy atom. The number of rotatable bonds is 3. The van der Waals surface area contributed by atoms with Crippen molar-refractivity contribution in [1.82, 2.24) is 10.2 Å². The second kappa shape index (κ2) is 4.33. The zero-order chi connectivity index (χ0) is 11.5. The molecule has 0 fully saturated rings. The summed E-state index contributed by atoms with van der Waals surface area (Å²) in [6, 6.07) is 1.22. The highest BCUT2D eigenvalue weighted by atomic mass is 32.1. The predicted molar refractivity (Wildman–Crippen MR) is 58.8 cm³/mol. The average Bonchev–Trinajstić information content (AvgIpc) is 2.86. The molecule has 9 heteroatoms. The molecule has 0 aromatic carbocycles. The first kappa shape index (κ1) is 10.6. The first-order valence-corrected chi connectivity index (χ1v) is 5.73. The summed E-state index contributed by atoms with van der Waals surface area (Å²) in [4.78, 5) is 21.4. The van der Waals surface area contributed by atoms with Gasteiger partial charge in [0.2, 0.25) is 5.13 Å². The largest absolute Gasteiger partial charge is 0.324 e. The standard InChI is InChI=1S/C7H4N4O3S2/c12-6(9-7-10-8-3-16-7)4-1-5(11(13)14)15-2-4/h1-3H,(H,9,10,12). The number of nitrogens with zero attached hydrogens (tertiary/aromatic N) is 3. The monoisotopic (exact) mass is 256 g/mol. The average molecular weight is 256 g/mol. The van der Waals surface area contributed by atoms with Crippen LogP contribution in [0.15, 0.2) is 17.0 Å². The Morgan fingerprint density at radius 1 is 1.50 bits per heavy atom. The SMILES string of the molecule is O=C(Nc1nncs1)c1csc([N+](=O)[O-])c1. The molecule has 16 heavy (non-hydrogen) atoms. The van der Waals surface area contributed by atoms with Crippen LogP contribution in [0.25, 0.3) is 0 Å². The highest BCUT2D eigenvalue weighted by Crippen LogP contribution is 2.23. The number of nitrogens with one attached hydrogen (secondary N) is 1. The number of amides is 1. The molecule has 1 N–H and O–H groups in total. The van der Waals surface area contributed by atoms with Crippen molar-refractivity contribution in [2.45, 2.75) is 0 Å². The molecule has 0 bridgehead atoms. The second-order valence-electron chi connectivity index (χ2n) is 2.63. The molecule has 0 unspecified atom stereocenters. The molecule has 0 saturated carbocycles. The van der Waals surface area contributed by atoms with Crippen molar-refractivity contribution in [3.8, 4) is 0 Å². The molecule has 0 saturated heterocycles. The van der Waals surface area contributed by atoms with Crippen LogP contribution in [0.4, 0.5) is 10.1 Å². The zero-order valence-electron chi connectivity index (χ0n) is 7.61. The smallest absolute Gasteiger partial charge is 0.296 e. The van der Waals surface area contributed by atoms with E-state index in [0.29, 0.717) is 5.13 Å². The van der Waals surface area contributed by atoms with E-state index in [2.05, 4.69) is 15.5 Å². The molecule has 1 amide bonds. The lowest BCUT2D eigenvalue weighted by Crippen LogP contribution is -2.10. The Morgan fingerprint density at radius 2 is 2.31 bits per heavy atom. The number of aromatic nitrogens is 2. The molecule has 0 spiro atoms. The fourth-order valence-electron chi connectivity index (χ4n) is 0.937. The summed E-state index contributed by atoms with van der Waals surface area (Å²) in [6.07, 6.45) is 0. The van der Waals surface area contributed by atoms with E-state index in [4.69, 9.17) is 0 Å². The number of anilines is 1. The summed E-state index contributed by atoms with van der Waals surface area (Å²) in [5.74, 6) is -0.430. The van der Waals surface area contributed by atoms with Gasteiger partial charge in [0.25, 0.3) is 5.91 Å². The van der Waals surface area contributed by atoms with Crippen LogP contribution < -0.4 is 5.32 Å². The number of hydrogen-bond acceptors (Lipinski definition) is 7. The van der Waals surface area contributed by atoms with Crippen molar-refractivity contribution in [1.29, 1.82) is 0 Å². The van der Waals surface area contributed by atoms with Crippen LogP contribution in [0.1, 0.15) is 10.4 Å². The summed E-state index contributed by atoms with van der Waals surface area (Å²) in [5, 5.41) is 21.8. The van der Waals surface area contributed by atoms with Crippen molar-refractivity contribution in [2.24, 2.45) is 0 Å². The Balaban J connectivity index is 2.12. The third-order valence-corrected chi connectivity index (χ3v) is 3.10. The van der Waals surface area contributed by atoms with E-state index in [1.54, 1.807) is 0 Å². The third-order valence-electron chi connectivity index (χ3n) is 1.61. The van der Waals surface area contributed by atoms with Gasteiger partial charge in [-0.05, 0) is 0 Å². The van der Waals surface area contributed by atoms with Crippen LogP contribution >= 0.6 is 22.7 Å². The molecule has 2 aromatic heterocycles. The van der Waals surface area contributed by atoms with Gasteiger partial charge in [-0.1, -0.05) is 22.7 Å². The number of thiophene rings is 1. The molecule has 2 rings (SSSR count). The van der Waals surface area contributed by atoms with E-state index >= 15 is 0 Å². The molecule has 0 aliphatic heterocycles. The van der Waals surface area contributed by atoms with E-state index in [-0.39, 0.29) is 10.6 Å². The summed E-state index contributed by atoms with van der Waals surface area (Å²) < 4.78 is 0. The minimum Gasteiger partial charge on any atom is -0.296 e. The van der Waals surface area contributed by atoms with Gasteiger partial charge in [-0.2, -0.15) is 0 Å². The van der Waals surface area contributed by atoms with Crippen LogP contribution in [0, 0.1) is 10.1 Å². The minimum absolute atomic E-state index is 0.0672. The topological polar surface area (TPSA) is 98.0 Å². The van der Waals surface area contributed by atoms with Crippen LogP contribution in [0.3, 0.4) is 0 Å². The first-order valence-electron chi connectivity index (χ1n) is 3.97. The first-order chi connectivity index (χ1) is 7.66. The highest BCUT2D eigenvalue weighted by molar-refractivity contribution is 7.14. The van der Waals surface area contributed by atoms with Crippen molar-refractivity contribution < 1.29 is 9.72 Å². The number of hydrogen-bond donors (Lipinski definition) is 1. The Bertz CT molecular complexity index is 521. The molecule has 2 aromatic rings. The molecule has 0 atom stereocenters. The number of nitro groups is 1. The van der Waals surface area contributed by atoms with E-state index < -0.39 is 10.8 Å². The Kier molecular flexibility index (Phi) is 2.88. The minimum atomic E-state index is -0.535. The lowest BCUT2D eigenvalue weighted by Gasteiger charge is -1.95. The summed E-state index contributed by atoms with van der Waals surface area (Å²) >= 11 is 2.08. The van der Waals surface area contributed by atoms with Gasteiger partial charge in [-0.3, -0.25) is 20.2 Å². The van der Waals surface area contributed by atoms with Gasteiger partial charge in [-0.15, -0.1) is 10.2 Å². The molecule has 2 heterocycles. The van der Waals surface area contributed by atoms with Gasteiger partial charge in [0.15, 0.2) is 0 Å². The van der Waals surface area contributed by atoms with Gasteiger partial charge < -0.3 is 0 Å². The lowest BCUT2D eigenvalue weighted by atomic mass is 10.3. The van der Waals surface area contributed by atoms with Crippen LogP contribution in [-0.2, 0) is 0 Å². The van der Waals surface area contributed by atoms with Gasteiger partial charge in [0.05, 0.1) is 10.5 Å². The summed E-state index contributed by atoms with van der Waals surface area (Å²) in [6.45, 7) is 0. The molecule has 82 valence electrons. The molecule has 7 nitrogen and oxygen atoms in total. The predicted octanol–water partition coefficient (Wildman–Crippen LogP) is 1.76. The molecule has 0 aliphatic carbocycles.